The number of nitriles is 2. The smallest absolute Gasteiger partial charge is 0.223 e. The molecule has 0 aromatic heterocycles. The molecule has 0 aliphatic rings. The first-order chi connectivity index (χ1) is 20.1. The molecule has 0 fully saturated rings. The lowest BCUT2D eigenvalue weighted by molar-refractivity contribution is -0.134. The molecule has 0 spiro atoms. The summed E-state index contributed by atoms with van der Waals surface area (Å²) >= 11 is 0. The van der Waals surface area contributed by atoms with Crippen LogP contribution >= 0.6 is 0 Å². The first kappa shape index (κ1) is 39.4. The zero-order valence-electron chi connectivity index (χ0n) is 27.3. The lowest BCUT2D eigenvalue weighted by Crippen LogP contribution is -2.38. The summed E-state index contributed by atoms with van der Waals surface area (Å²) in [5, 5.41) is 17.5. The Morgan fingerprint density at radius 2 is 1.05 bits per heavy atom. The van der Waals surface area contributed by atoms with Crippen LogP contribution in [0.15, 0.2) is 0 Å². The number of hydrogen-bond donors (Lipinski definition) is 0. The number of amides is 1. The van der Waals surface area contributed by atoms with Gasteiger partial charge in [0.05, 0.1) is 51.4 Å². The van der Waals surface area contributed by atoms with Crippen molar-refractivity contribution in [3.8, 4) is 12.1 Å². The SMILES string of the molecule is CCCCCCCCCCCC(CC(=O)N(CCOCCC#N)CCOCCC#N)C(C)CCCCCCCCC. The summed E-state index contributed by atoms with van der Waals surface area (Å²) in [6.45, 7) is 9.59. The minimum atomic E-state index is 0.185. The van der Waals surface area contributed by atoms with Crippen LogP contribution in [0.4, 0.5) is 0 Å². The molecule has 0 heterocycles. The Morgan fingerprint density at radius 3 is 1.49 bits per heavy atom. The average Bonchev–Trinajstić information content (AvgIpc) is 2.97. The number of carbonyl (C=O) groups excluding carboxylic acids is 1. The minimum absolute atomic E-state index is 0.185. The van der Waals surface area contributed by atoms with E-state index in [4.69, 9.17) is 20.0 Å². The highest BCUT2D eigenvalue weighted by Crippen LogP contribution is 2.28. The van der Waals surface area contributed by atoms with Gasteiger partial charge in [0.1, 0.15) is 0 Å². The van der Waals surface area contributed by atoms with E-state index < -0.39 is 0 Å². The molecule has 0 radical (unpaired) electrons. The monoisotopic (exact) mass is 576 g/mol. The van der Waals surface area contributed by atoms with Crippen molar-refractivity contribution < 1.29 is 14.3 Å². The molecule has 0 aromatic rings. The van der Waals surface area contributed by atoms with Crippen molar-refractivity contribution in [1.82, 2.24) is 4.90 Å². The van der Waals surface area contributed by atoms with Crippen LogP contribution in [0.1, 0.15) is 156 Å². The molecule has 0 saturated heterocycles. The van der Waals surface area contributed by atoms with Gasteiger partial charge in [0.25, 0.3) is 0 Å². The second-order valence-electron chi connectivity index (χ2n) is 11.9. The van der Waals surface area contributed by atoms with Crippen LogP contribution in [-0.4, -0.2) is 50.3 Å². The van der Waals surface area contributed by atoms with Crippen molar-refractivity contribution in [2.75, 3.05) is 39.5 Å². The van der Waals surface area contributed by atoms with E-state index in [1.165, 1.54) is 109 Å². The molecule has 6 heteroatoms. The predicted molar refractivity (Wildman–Crippen MR) is 170 cm³/mol. The van der Waals surface area contributed by atoms with Gasteiger partial charge in [0.2, 0.25) is 5.91 Å². The molecule has 2 unspecified atom stereocenters. The number of unbranched alkanes of at least 4 members (excludes halogenated alkanes) is 14. The molecule has 0 aromatic carbocycles. The Morgan fingerprint density at radius 1 is 0.634 bits per heavy atom. The average molecular weight is 576 g/mol. The molecule has 6 nitrogen and oxygen atoms in total. The highest BCUT2D eigenvalue weighted by molar-refractivity contribution is 5.76. The topological polar surface area (TPSA) is 86.3 Å². The highest BCUT2D eigenvalue weighted by Gasteiger charge is 2.23. The van der Waals surface area contributed by atoms with Crippen molar-refractivity contribution in [3.05, 3.63) is 0 Å². The predicted octanol–water partition coefficient (Wildman–Crippen LogP) is 9.38. The van der Waals surface area contributed by atoms with Gasteiger partial charge in [-0.15, -0.1) is 0 Å². The van der Waals surface area contributed by atoms with E-state index in [2.05, 4.69) is 32.9 Å². The standard InChI is InChI=1S/C35H65N3O3/c1-4-6-8-10-12-13-15-17-19-23-34(33(3)22-18-16-14-11-9-7-5-2)32-35(39)38(26-30-40-28-20-24-36)27-31-41-29-21-25-37/h33-34H,4-23,26-32H2,1-3H3. The van der Waals surface area contributed by atoms with E-state index in [0.717, 1.165) is 6.42 Å². The van der Waals surface area contributed by atoms with Crippen molar-refractivity contribution in [2.45, 2.75) is 156 Å². The van der Waals surface area contributed by atoms with Gasteiger partial charge in [0.15, 0.2) is 0 Å². The third kappa shape index (κ3) is 25.8. The zero-order valence-corrected chi connectivity index (χ0v) is 27.3. The molecular weight excluding hydrogens is 510 g/mol. The molecule has 0 aliphatic heterocycles. The van der Waals surface area contributed by atoms with Gasteiger partial charge >= 0.3 is 0 Å². The van der Waals surface area contributed by atoms with Crippen molar-refractivity contribution in [1.29, 1.82) is 10.5 Å². The Kier molecular flexibility index (Phi) is 30.1. The maximum absolute atomic E-state index is 13.5. The fourth-order valence-electron chi connectivity index (χ4n) is 5.47. The van der Waals surface area contributed by atoms with Gasteiger partial charge in [-0.1, -0.05) is 130 Å². The normalized spacial score (nSPS) is 12.5. The molecule has 0 saturated carbocycles. The summed E-state index contributed by atoms with van der Waals surface area (Å²) < 4.78 is 11.2. The van der Waals surface area contributed by atoms with Gasteiger partial charge in [0, 0.05) is 19.5 Å². The van der Waals surface area contributed by atoms with E-state index in [1.54, 1.807) is 0 Å². The van der Waals surface area contributed by atoms with Crippen LogP contribution in [0.3, 0.4) is 0 Å². The van der Waals surface area contributed by atoms with E-state index in [9.17, 15) is 4.79 Å². The van der Waals surface area contributed by atoms with Gasteiger partial charge in [-0.05, 0) is 18.3 Å². The maximum Gasteiger partial charge on any atom is 0.223 e. The third-order valence-corrected chi connectivity index (χ3v) is 8.26. The second kappa shape index (κ2) is 31.3. The van der Waals surface area contributed by atoms with Crippen LogP contribution in [0.25, 0.3) is 0 Å². The molecule has 41 heavy (non-hydrogen) atoms. The molecule has 0 aliphatic carbocycles. The van der Waals surface area contributed by atoms with Crippen molar-refractivity contribution in [3.63, 3.8) is 0 Å². The Hall–Kier alpha value is -1.63. The van der Waals surface area contributed by atoms with Crippen molar-refractivity contribution >= 4 is 5.91 Å². The molecule has 0 rings (SSSR count). The number of carbonyl (C=O) groups is 1. The molecule has 0 bridgehead atoms. The largest absolute Gasteiger partial charge is 0.379 e. The van der Waals surface area contributed by atoms with E-state index in [-0.39, 0.29) is 5.91 Å². The Balaban J connectivity index is 4.90. The van der Waals surface area contributed by atoms with Crippen LogP contribution in [0.5, 0.6) is 0 Å². The van der Waals surface area contributed by atoms with E-state index in [0.29, 0.717) is 70.6 Å². The minimum Gasteiger partial charge on any atom is -0.379 e. The van der Waals surface area contributed by atoms with Crippen LogP contribution in [0.2, 0.25) is 0 Å². The third-order valence-electron chi connectivity index (χ3n) is 8.26. The van der Waals surface area contributed by atoms with Gasteiger partial charge in [-0.2, -0.15) is 10.5 Å². The summed E-state index contributed by atoms with van der Waals surface area (Å²) in [5.74, 6) is 1.14. The lowest BCUT2D eigenvalue weighted by Gasteiger charge is -2.28. The fraction of sp³-hybridized carbons (Fsp3) is 0.914. The number of hydrogen-bond acceptors (Lipinski definition) is 5. The van der Waals surface area contributed by atoms with Crippen LogP contribution in [0, 0.1) is 34.5 Å². The molecular formula is C35H65N3O3. The second-order valence-corrected chi connectivity index (χ2v) is 11.9. The summed E-state index contributed by atoms with van der Waals surface area (Å²) in [4.78, 5) is 15.4. The molecule has 2 atom stereocenters. The molecule has 238 valence electrons. The number of nitrogens with zero attached hydrogens (tertiary/aromatic N) is 3. The summed E-state index contributed by atoms with van der Waals surface area (Å²) in [5.41, 5.74) is 0. The highest BCUT2D eigenvalue weighted by atomic mass is 16.5. The summed E-state index contributed by atoms with van der Waals surface area (Å²) in [6.07, 6.45) is 24.8. The molecule has 0 N–H and O–H groups in total. The Bertz CT molecular complexity index is 634. The first-order valence-electron chi connectivity index (χ1n) is 17.3. The summed E-state index contributed by atoms with van der Waals surface area (Å²) in [7, 11) is 0. The Labute approximate surface area is 254 Å². The van der Waals surface area contributed by atoms with Gasteiger partial charge < -0.3 is 14.4 Å². The zero-order chi connectivity index (χ0) is 30.2. The maximum atomic E-state index is 13.5. The van der Waals surface area contributed by atoms with Crippen LogP contribution in [-0.2, 0) is 14.3 Å². The van der Waals surface area contributed by atoms with Gasteiger partial charge in [-0.3, -0.25) is 4.79 Å². The van der Waals surface area contributed by atoms with E-state index >= 15 is 0 Å². The van der Waals surface area contributed by atoms with E-state index in [1.807, 2.05) is 4.90 Å². The first-order valence-corrected chi connectivity index (χ1v) is 17.3. The fourth-order valence-corrected chi connectivity index (χ4v) is 5.47. The quantitative estimate of drug-likeness (QED) is 0.0768. The number of rotatable bonds is 31. The molecule has 1 amide bonds. The summed E-state index contributed by atoms with van der Waals surface area (Å²) in [6, 6.07) is 4.19. The van der Waals surface area contributed by atoms with Crippen molar-refractivity contribution in [2.24, 2.45) is 11.8 Å². The van der Waals surface area contributed by atoms with Gasteiger partial charge in [-0.25, -0.2) is 0 Å². The number of ether oxygens (including phenoxy) is 2. The lowest BCUT2D eigenvalue weighted by atomic mass is 9.82. The van der Waals surface area contributed by atoms with Crippen LogP contribution < -0.4 is 0 Å².